The van der Waals surface area contributed by atoms with Crippen molar-refractivity contribution in [1.29, 1.82) is 0 Å². The van der Waals surface area contributed by atoms with Gasteiger partial charge in [-0.25, -0.2) is 0 Å². The zero-order valence-corrected chi connectivity index (χ0v) is 11.1. The van der Waals surface area contributed by atoms with Crippen molar-refractivity contribution in [3.8, 4) is 0 Å². The van der Waals surface area contributed by atoms with Crippen molar-refractivity contribution in [3.05, 3.63) is 0 Å². The van der Waals surface area contributed by atoms with E-state index in [1.807, 2.05) is 0 Å². The molecule has 1 fully saturated rings. The highest BCUT2D eigenvalue weighted by molar-refractivity contribution is 4.77. The summed E-state index contributed by atoms with van der Waals surface area (Å²) in [5.41, 5.74) is 0. The second-order valence-corrected chi connectivity index (χ2v) is 5.14. The van der Waals surface area contributed by atoms with Gasteiger partial charge in [-0.2, -0.15) is 0 Å². The molecule has 1 rings (SSSR count). The standard InChI is InChI=1S/C14H29NO/c1-3-4-11-16-12-7-10-15-14-9-6-5-8-13(14)2/h13-15H,3-12H2,1-2H3. The molecule has 2 heteroatoms. The van der Waals surface area contributed by atoms with E-state index in [2.05, 4.69) is 19.2 Å². The molecule has 1 aliphatic carbocycles. The van der Waals surface area contributed by atoms with Crippen molar-refractivity contribution in [2.24, 2.45) is 5.92 Å². The van der Waals surface area contributed by atoms with Gasteiger partial charge in [0.25, 0.3) is 0 Å². The quantitative estimate of drug-likeness (QED) is 0.642. The topological polar surface area (TPSA) is 21.3 Å². The van der Waals surface area contributed by atoms with E-state index < -0.39 is 0 Å². The average Bonchev–Trinajstić information content (AvgIpc) is 2.30. The summed E-state index contributed by atoms with van der Waals surface area (Å²) in [6, 6.07) is 0.768. The van der Waals surface area contributed by atoms with Crippen molar-refractivity contribution in [1.82, 2.24) is 5.32 Å². The van der Waals surface area contributed by atoms with Crippen molar-refractivity contribution >= 4 is 0 Å². The molecule has 1 N–H and O–H groups in total. The van der Waals surface area contributed by atoms with E-state index in [-0.39, 0.29) is 0 Å². The lowest BCUT2D eigenvalue weighted by Crippen LogP contribution is -2.38. The summed E-state index contributed by atoms with van der Waals surface area (Å²) >= 11 is 0. The Morgan fingerprint density at radius 2 is 1.88 bits per heavy atom. The second-order valence-electron chi connectivity index (χ2n) is 5.14. The van der Waals surface area contributed by atoms with E-state index in [1.54, 1.807) is 0 Å². The molecule has 0 bridgehead atoms. The maximum Gasteiger partial charge on any atom is 0.0478 e. The lowest BCUT2D eigenvalue weighted by Gasteiger charge is -2.29. The summed E-state index contributed by atoms with van der Waals surface area (Å²) in [5, 5.41) is 3.68. The molecular weight excluding hydrogens is 198 g/mol. The molecule has 0 aromatic carbocycles. The Morgan fingerprint density at radius 3 is 2.62 bits per heavy atom. The highest BCUT2D eigenvalue weighted by Crippen LogP contribution is 2.23. The van der Waals surface area contributed by atoms with Gasteiger partial charge in [0.15, 0.2) is 0 Å². The lowest BCUT2D eigenvalue weighted by molar-refractivity contribution is 0.127. The predicted molar refractivity (Wildman–Crippen MR) is 69.8 cm³/mol. The summed E-state index contributed by atoms with van der Waals surface area (Å²) in [6.45, 7) is 7.58. The fourth-order valence-corrected chi connectivity index (χ4v) is 2.43. The van der Waals surface area contributed by atoms with E-state index in [0.29, 0.717) is 0 Å². The Bertz CT molecular complexity index is 161. The Labute approximate surface area is 101 Å². The minimum absolute atomic E-state index is 0.768. The van der Waals surface area contributed by atoms with Crippen molar-refractivity contribution in [2.75, 3.05) is 19.8 Å². The van der Waals surface area contributed by atoms with Crippen LogP contribution in [0.1, 0.15) is 58.8 Å². The molecule has 0 spiro atoms. The molecule has 0 radical (unpaired) electrons. The first kappa shape index (κ1) is 14.0. The van der Waals surface area contributed by atoms with E-state index in [0.717, 1.165) is 38.1 Å². The fourth-order valence-electron chi connectivity index (χ4n) is 2.43. The molecule has 0 heterocycles. The molecule has 0 aromatic rings. The monoisotopic (exact) mass is 227 g/mol. The lowest BCUT2D eigenvalue weighted by atomic mass is 9.86. The average molecular weight is 227 g/mol. The van der Waals surface area contributed by atoms with Crippen molar-refractivity contribution in [2.45, 2.75) is 64.8 Å². The van der Waals surface area contributed by atoms with Crippen LogP contribution in [0, 0.1) is 5.92 Å². The van der Waals surface area contributed by atoms with Gasteiger partial charge in [-0.15, -0.1) is 0 Å². The van der Waals surface area contributed by atoms with Crippen LogP contribution in [0.5, 0.6) is 0 Å². The Balaban J connectivity index is 1.90. The normalized spacial score (nSPS) is 25.9. The third kappa shape index (κ3) is 5.86. The molecule has 1 saturated carbocycles. The predicted octanol–water partition coefficient (Wildman–Crippen LogP) is 3.36. The van der Waals surface area contributed by atoms with Crippen LogP contribution >= 0.6 is 0 Å². The number of hydrogen-bond donors (Lipinski definition) is 1. The second kappa shape index (κ2) is 9.00. The minimum atomic E-state index is 0.768. The maximum absolute atomic E-state index is 5.55. The van der Waals surface area contributed by atoms with Crippen LogP contribution in [-0.2, 0) is 4.74 Å². The van der Waals surface area contributed by atoms with Gasteiger partial charge in [-0.05, 0) is 38.1 Å². The molecule has 0 saturated heterocycles. The van der Waals surface area contributed by atoms with Gasteiger partial charge in [0.05, 0.1) is 0 Å². The summed E-state index contributed by atoms with van der Waals surface area (Å²) in [5.74, 6) is 0.870. The van der Waals surface area contributed by atoms with Crippen molar-refractivity contribution in [3.63, 3.8) is 0 Å². The maximum atomic E-state index is 5.55. The number of hydrogen-bond acceptors (Lipinski definition) is 2. The van der Waals surface area contributed by atoms with Gasteiger partial charge in [0.1, 0.15) is 0 Å². The molecule has 1 aliphatic rings. The first-order chi connectivity index (χ1) is 7.84. The number of rotatable bonds is 8. The molecule has 96 valence electrons. The fraction of sp³-hybridized carbons (Fsp3) is 1.00. The van der Waals surface area contributed by atoms with Crippen LogP contribution in [-0.4, -0.2) is 25.8 Å². The van der Waals surface area contributed by atoms with E-state index in [4.69, 9.17) is 4.74 Å². The van der Waals surface area contributed by atoms with Gasteiger partial charge in [0, 0.05) is 19.3 Å². The molecule has 2 nitrogen and oxygen atoms in total. The molecule has 2 unspecified atom stereocenters. The Kier molecular flexibility index (Phi) is 7.87. The van der Waals surface area contributed by atoms with E-state index in [9.17, 15) is 0 Å². The van der Waals surface area contributed by atoms with Crippen LogP contribution in [0.4, 0.5) is 0 Å². The molecule has 16 heavy (non-hydrogen) atoms. The summed E-state index contributed by atoms with van der Waals surface area (Å²) in [4.78, 5) is 0. The minimum Gasteiger partial charge on any atom is -0.381 e. The van der Waals surface area contributed by atoms with Gasteiger partial charge in [-0.1, -0.05) is 33.1 Å². The largest absolute Gasteiger partial charge is 0.381 e. The summed E-state index contributed by atoms with van der Waals surface area (Å²) in [6.07, 6.45) is 9.22. The van der Waals surface area contributed by atoms with Crippen LogP contribution in [0.3, 0.4) is 0 Å². The number of ether oxygens (including phenoxy) is 1. The third-order valence-electron chi connectivity index (χ3n) is 3.63. The Hall–Kier alpha value is -0.0800. The number of nitrogens with one attached hydrogen (secondary N) is 1. The van der Waals surface area contributed by atoms with Gasteiger partial charge >= 0.3 is 0 Å². The zero-order chi connectivity index (χ0) is 11.6. The molecule has 0 amide bonds. The van der Waals surface area contributed by atoms with Crippen LogP contribution in [0.2, 0.25) is 0 Å². The molecule has 2 atom stereocenters. The third-order valence-corrected chi connectivity index (χ3v) is 3.63. The highest BCUT2D eigenvalue weighted by Gasteiger charge is 2.19. The molecule has 0 aromatic heterocycles. The zero-order valence-electron chi connectivity index (χ0n) is 11.1. The van der Waals surface area contributed by atoms with Gasteiger partial charge in [-0.3, -0.25) is 0 Å². The van der Waals surface area contributed by atoms with Gasteiger partial charge in [0.2, 0.25) is 0 Å². The van der Waals surface area contributed by atoms with Crippen molar-refractivity contribution < 1.29 is 4.74 Å². The highest BCUT2D eigenvalue weighted by atomic mass is 16.5. The van der Waals surface area contributed by atoms with Crippen LogP contribution < -0.4 is 5.32 Å². The van der Waals surface area contributed by atoms with E-state index in [1.165, 1.54) is 38.5 Å². The molecular formula is C14H29NO. The van der Waals surface area contributed by atoms with Crippen LogP contribution in [0.25, 0.3) is 0 Å². The van der Waals surface area contributed by atoms with Gasteiger partial charge < -0.3 is 10.1 Å². The van der Waals surface area contributed by atoms with E-state index >= 15 is 0 Å². The summed E-state index contributed by atoms with van der Waals surface area (Å²) in [7, 11) is 0. The number of unbranched alkanes of at least 4 members (excludes halogenated alkanes) is 1. The Morgan fingerprint density at radius 1 is 1.12 bits per heavy atom. The summed E-state index contributed by atoms with van der Waals surface area (Å²) < 4.78 is 5.55. The molecule has 0 aliphatic heterocycles. The smallest absolute Gasteiger partial charge is 0.0478 e. The van der Waals surface area contributed by atoms with Crippen LogP contribution in [0.15, 0.2) is 0 Å². The first-order valence-electron chi connectivity index (χ1n) is 7.15. The first-order valence-corrected chi connectivity index (χ1v) is 7.15. The SMILES string of the molecule is CCCCOCCCNC1CCCCC1C.